The van der Waals surface area contributed by atoms with Crippen molar-refractivity contribution in [2.45, 2.75) is 19.4 Å². The third-order valence-electron chi connectivity index (χ3n) is 1.81. The van der Waals surface area contributed by atoms with E-state index in [2.05, 4.69) is 32.3 Å². The van der Waals surface area contributed by atoms with Crippen LogP contribution in [0.15, 0.2) is 30.3 Å². The minimum Gasteiger partial charge on any atom is -0.445 e. The molecule has 0 aromatic heterocycles. The summed E-state index contributed by atoms with van der Waals surface area (Å²) in [6.07, 6.45) is 0.0939. The van der Waals surface area contributed by atoms with E-state index in [1.54, 1.807) is 0 Å². The predicted molar refractivity (Wildman–Crippen MR) is 65.8 cm³/mol. The lowest BCUT2D eigenvalue weighted by Crippen LogP contribution is -2.21. The van der Waals surface area contributed by atoms with E-state index in [-0.39, 0.29) is 6.10 Å². The zero-order valence-corrected chi connectivity index (χ0v) is 11.4. The number of carbonyl (C=O) groups excluding carboxylic acids is 1. The summed E-state index contributed by atoms with van der Waals surface area (Å²) in [4.78, 5) is 11.2. The van der Waals surface area contributed by atoms with Gasteiger partial charge in [0.15, 0.2) is 0 Å². The average Bonchev–Trinajstić information content (AvgIpc) is 2.18. The maximum atomic E-state index is 11.2. The number of halogens is 2. The smallest absolute Gasteiger partial charge is 0.430 e. The van der Waals surface area contributed by atoms with Gasteiger partial charge in [-0.2, -0.15) is 2.95 Å². The third kappa shape index (κ3) is 4.66. The summed E-state index contributed by atoms with van der Waals surface area (Å²) < 4.78 is 6.17. The van der Waals surface area contributed by atoms with E-state index in [1.807, 2.05) is 37.3 Å². The van der Waals surface area contributed by atoms with E-state index in [9.17, 15) is 4.79 Å². The zero-order valence-electron chi connectivity index (χ0n) is 8.19. The molecule has 1 amide bonds. The topological polar surface area (TPSA) is 29.5 Å². The summed E-state index contributed by atoms with van der Waals surface area (Å²) in [5.41, 5.74) is 1.15. The summed E-state index contributed by atoms with van der Waals surface area (Å²) >= 11 is 5.86. The van der Waals surface area contributed by atoms with Crippen LogP contribution in [0.25, 0.3) is 0 Å². The van der Waals surface area contributed by atoms with Gasteiger partial charge in [-0.15, -0.1) is 0 Å². The number of carbonyl (C=O) groups is 1. The van der Waals surface area contributed by atoms with Gasteiger partial charge in [-0.25, -0.2) is 4.79 Å². The Labute approximate surface area is 106 Å². The summed E-state index contributed by atoms with van der Waals surface area (Å²) in [6, 6.07) is 9.89. The summed E-state index contributed by atoms with van der Waals surface area (Å²) in [5, 5.41) is 0. The van der Waals surface area contributed by atoms with Crippen molar-refractivity contribution in [2.75, 3.05) is 0 Å². The number of hydrogen-bond acceptors (Lipinski definition) is 2. The average molecular weight is 337 g/mol. The van der Waals surface area contributed by atoms with Crippen molar-refractivity contribution >= 4 is 38.4 Å². The lowest BCUT2D eigenvalue weighted by Gasteiger charge is -2.14. The lowest BCUT2D eigenvalue weighted by molar-refractivity contribution is 0.105. The molecule has 0 aliphatic heterocycles. The van der Waals surface area contributed by atoms with Crippen LogP contribution in [0.3, 0.4) is 0 Å². The van der Waals surface area contributed by atoms with Crippen molar-refractivity contribution in [2.24, 2.45) is 0 Å². The van der Waals surface area contributed by atoms with Gasteiger partial charge < -0.3 is 4.74 Å². The second-order valence-electron chi connectivity index (χ2n) is 3.12. The summed E-state index contributed by atoms with van der Waals surface area (Å²) in [6.45, 7) is 1.86. The Morgan fingerprint density at radius 1 is 1.40 bits per heavy atom. The molecule has 5 heteroatoms. The van der Waals surface area contributed by atoms with Gasteiger partial charge >= 0.3 is 6.09 Å². The highest BCUT2D eigenvalue weighted by Crippen LogP contribution is 2.12. The molecule has 82 valence electrons. The van der Waals surface area contributed by atoms with Gasteiger partial charge in [0.25, 0.3) is 0 Å². The van der Waals surface area contributed by atoms with Gasteiger partial charge in [0.1, 0.15) is 6.10 Å². The Balaban J connectivity index is 2.43. The van der Waals surface area contributed by atoms with Crippen LogP contribution in [0.5, 0.6) is 0 Å². The van der Waals surface area contributed by atoms with Crippen molar-refractivity contribution < 1.29 is 9.53 Å². The third-order valence-corrected chi connectivity index (χ3v) is 2.39. The Hall–Kier alpha value is -0.550. The second-order valence-corrected chi connectivity index (χ2v) is 5.49. The Morgan fingerprint density at radius 3 is 2.53 bits per heavy atom. The predicted octanol–water partition coefficient (Wildman–Crippen LogP) is 3.68. The van der Waals surface area contributed by atoms with Crippen molar-refractivity contribution in [3.8, 4) is 0 Å². The Kier molecular flexibility index (Phi) is 5.11. The van der Waals surface area contributed by atoms with Gasteiger partial charge in [0.05, 0.1) is 32.3 Å². The highest BCUT2D eigenvalue weighted by molar-refractivity contribution is 9.21. The number of benzene rings is 1. The van der Waals surface area contributed by atoms with Crippen LogP contribution in [0, 0.1) is 0 Å². The van der Waals surface area contributed by atoms with Crippen molar-refractivity contribution in [1.82, 2.24) is 2.95 Å². The maximum Gasteiger partial charge on any atom is 0.430 e. The SMILES string of the molecule is CC(Cc1ccccc1)OC(=O)N(Br)Br. The molecule has 1 unspecified atom stereocenters. The van der Waals surface area contributed by atoms with Crippen LogP contribution >= 0.6 is 32.3 Å². The van der Waals surface area contributed by atoms with Crippen LogP contribution in [-0.4, -0.2) is 15.1 Å². The number of amides is 1. The van der Waals surface area contributed by atoms with E-state index in [1.165, 1.54) is 0 Å². The van der Waals surface area contributed by atoms with Crippen molar-refractivity contribution in [3.63, 3.8) is 0 Å². The highest BCUT2D eigenvalue weighted by atomic mass is 79.9. The first kappa shape index (κ1) is 12.5. The molecule has 0 radical (unpaired) electrons. The van der Waals surface area contributed by atoms with Crippen LogP contribution in [-0.2, 0) is 11.2 Å². The number of rotatable bonds is 3. The molecular formula is C10H11Br2NO2. The van der Waals surface area contributed by atoms with E-state index in [4.69, 9.17) is 4.74 Å². The van der Waals surface area contributed by atoms with Crippen LogP contribution < -0.4 is 0 Å². The molecule has 0 N–H and O–H groups in total. The van der Waals surface area contributed by atoms with Crippen molar-refractivity contribution in [3.05, 3.63) is 35.9 Å². The minimum atomic E-state index is -0.460. The molecular weight excluding hydrogens is 326 g/mol. The number of ether oxygens (including phenoxy) is 1. The standard InChI is InChI=1S/C10H11Br2NO2/c1-8(15-10(14)13(11)12)7-9-5-3-2-4-6-9/h2-6,8H,7H2,1H3. The Morgan fingerprint density at radius 2 is 2.00 bits per heavy atom. The molecule has 0 fully saturated rings. The molecule has 1 atom stereocenters. The van der Waals surface area contributed by atoms with Gasteiger partial charge in [0, 0.05) is 6.42 Å². The highest BCUT2D eigenvalue weighted by Gasteiger charge is 2.13. The van der Waals surface area contributed by atoms with E-state index >= 15 is 0 Å². The molecule has 3 nitrogen and oxygen atoms in total. The molecule has 0 aliphatic rings. The number of nitrogens with zero attached hydrogens (tertiary/aromatic N) is 1. The summed E-state index contributed by atoms with van der Waals surface area (Å²) in [5.74, 6) is 0. The number of hydrogen-bond donors (Lipinski definition) is 0. The van der Waals surface area contributed by atoms with Gasteiger partial charge in [-0.1, -0.05) is 30.3 Å². The van der Waals surface area contributed by atoms with Crippen molar-refractivity contribution in [1.29, 1.82) is 0 Å². The summed E-state index contributed by atoms with van der Waals surface area (Å²) in [7, 11) is 0. The molecule has 0 spiro atoms. The molecule has 0 heterocycles. The maximum absolute atomic E-state index is 11.2. The first-order chi connectivity index (χ1) is 7.09. The van der Waals surface area contributed by atoms with Crippen LogP contribution in [0.1, 0.15) is 12.5 Å². The molecule has 15 heavy (non-hydrogen) atoms. The van der Waals surface area contributed by atoms with Gasteiger partial charge in [0.2, 0.25) is 0 Å². The zero-order chi connectivity index (χ0) is 11.3. The second kappa shape index (κ2) is 6.12. The monoisotopic (exact) mass is 335 g/mol. The molecule has 0 saturated heterocycles. The molecule has 1 aromatic carbocycles. The molecule has 0 saturated carbocycles. The van der Waals surface area contributed by atoms with E-state index < -0.39 is 6.09 Å². The molecule has 1 rings (SSSR count). The fourth-order valence-electron chi connectivity index (χ4n) is 1.20. The fraction of sp³-hybridized carbons (Fsp3) is 0.300. The van der Waals surface area contributed by atoms with E-state index in [0.717, 1.165) is 8.52 Å². The first-order valence-electron chi connectivity index (χ1n) is 4.46. The lowest BCUT2D eigenvalue weighted by atomic mass is 10.1. The van der Waals surface area contributed by atoms with E-state index in [0.29, 0.717) is 6.42 Å². The first-order valence-corrected chi connectivity index (χ1v) is 5.87. The van der Waals surface area contributed by atoms with Crippen LogP contribution in [0.4, 0.5) is 4.79 Å². The largest absolute Gasteiger partial charge is 0.445 e. The normalized spacial score (nSPS) is 11.9. The molecule has 0 aliphatic carbocycles. The Bertz CT molecular complexity index is 316. The molecule has 1 aromatic rings. The van der Waals surface area contributed by atoms with Crippen LogP contribution in [0.2, 0.25) is 0 Å². The fourth-order valence-corrected chi connectivity index (χ4v) is 1.37. The quantitative estimate of drug-likeness (QED) is 0.788. The van der Waals surface area contributed by atoms with Gasteiger partial charge in [-0.05, 0) is 12.5 Å². The van der Waals surface area contributed by atoms with Gasteiger partial charge in [-0.3, -0.25) is 0 Å². The minimum absolute atomic E-state index is 0.155. The molecule has 0 bridgehead atoms.